The zero-order valence-electron chi connectivity index (χ0n) is 18.1. The second-order valence-corrected chi connectivity index (χ2v) is 7.73. The summed E-state index contributed by atoms with van der Waals surface area (Å²) in [4.78, 5) is 24.0. The highest BCUT2D eigenvalue weighted by atomic mass is 16.5. The molecule has 1 aliphatic carbocycles. The second kappa shape index (κ2) is 10.7. The average molecular weight is 424 g/mol. The van der Waals surface area contributed by atoms with Crippen molar-refractivity contribution in [1.82, 2.24) is 5.32 Å². The zero-order valence-corrected chi connectivity index (χ0v) is 18.1. The van der Waals surface area contributed by atoms with Gasteiger partial charge in [-0.3, -0.25) is 4.79 Å². The van der Waals surface area contributed by atoms with Gasteiger partial charge in [0.1, 0.15) is 11.5 Å². The zero-order chi connectivity index (χ0) is 22.2. The number of hydrogen-bond donors (Lipinski definition) is 2. The van der Waals surface area contributed by atoms with Crippen molar-refractivity contribution in [2.45, 2.75) is 45.1 Å². The Morgan fingerprint density at radius 3 is 2.16 bits per heavy atom. The molecule has 0 atom stereocenters. The minimum absolute atomic E-state index is 0.0472. The van der Waals surface area contributed by atoms with Crippen molar-refractivity contribution in [3.8, 4) is 11.5 Å². The predicted molar refractivity (Wildman–Crippen MR) is 119 cm³/mol. The van der Waals surface area contributed by atoms with E-state index in [1.54, 1.807) is 38.5 Å². The molecule has 0 aliphatic heterocycles. The summed E-state index contributed by atoms with van der Waals surface area (Å²) < 4.78 is 10.8. The molecule has 1 aliphatic rings. The number of hydrogen-bond acceptors (Lipinski definition) is 4. The number of carboxylic acid groups (broad SMARTS) is 1. The number of ether oxygens (including phenoxy) is 2. The molecule has 0 unspecified atom stereocenters. The molecule has 0 saturated carbocycles. The van der Waals surface area contributed by atoms with E-state index in [9.17, 15) is 9.59 Å². The van der Waals surface area contributed by atoms with E-state index < -0.39 is 5.97 Å². The Hall–Kier alpha value is -3.28. The van der Waals surface area contributed by atoms with Crippen LogP contribution in [0.1, 0.15) is 53.6 Å². The summed E-state index contributed by atoms with van der Waals surface area (Å²) in [6.45, 7) is 0.364. The molecule has 0 fully saturated rings. The number of nitrogens with one attached hydrogen (secondary N) is 1. The van der Waals surface area contributed by atoms with E-state index in [-0.39, 0.29) is 11.5 Å². The van der Waals surface area contributed by atoms with Gasteiger partial charge in [0.2, 0.25) is 5.91 Å². The van der Waals surface area contributed by atoms with Gasteiger partial charge in [0.15, 0.2) is 0 Å². The van der Waals surface area contributed by atoms with E-state index in [0.29, 0.717) is 13.0 Å². The van der Waals surface area contributed by atoms with Gasteiger partial charge in [0, 0.05) is 18.2 Å². The lowest BCUT2D eigenvalue weighted by Gasteiger charge is -2.15. The minimum atomic E-state index is -0.960. The standard InChI is InChI=1S/C25H29NO5/c1-30-21-13-18(14-22(15-21)31-2)12-20-6-4-3-5-7-23(20)24(27)26-16-17-8-10-19(11-9-17)25(28)29/h8-11,13-15H,3-7,12,16H2,1-2H3,(H,26,27)(H,28,29). The first-order chi connectivity index (χ1) is 15.0. The molecule has 0 aromatic heterocycles. The minimum Gasteiger partial charge on any atom is -0.497 e. The highest BCUT2D eigenvalue weighted by Crippen LogP contribution is 2.30. The number of carbonyl (C=O) groups excluding carboxylic acids is 1. The van der Waals surface area contributed by atoms with Crippen LogP contribution >= 0.6 is 0 Å². The van der Waals surface area contributed by atoms with Gasteiger partial charge in [-0.15, -0.1) is 0 Å². The Bertz CT molecular complexity index is 940. The van der Waals surface area contributed by atoms with E-state index in [1.807, 2.05) is 18.2 Å². The number of carboxylic acids is 1. The molecule has 2 aromatic rings. The molecule has 0 spiro atoms. The van der Waals surface area contributed by atoms with Gasteiger partial charge >= 0.3 is 5.97 Å². The molecule has 0 radical (unpaired) electrons. The highest BCUT2D eigenvalue weighted by Gasteiger charge is 2.19. The van der Waals surface area contributed by atoms with Crippen molar-refractivity contribution >= 4 is 11.9 Å². The van der Waals surface area contributed by atoms with Gasteiger partial charge < -0.3 is 19.9 Å². The van der Waals surface area contributed by atoms with E-state index in [4.69, 9.17) is 14.6 Å². The summed E-state index contributed by atoms with van der Waals surface area (Å²) in [6.07, 6.45) is 5.53. The molecular weight excluding hydrogens is 394 g/mol. The van der Waals surface area contributed by atoms with Crippen LogP contribution in [0.5, 0.6) is 11.5 Å². The molecule has 0 bridgehead atoms. The third kappa shape index (κ3) is 6.10. The lowest BCUT2D eigenvalue weighted by atomic mass is 9.95. The molecule has 6 heteroatoms. The molecule has 164 valence electrons. The van der Waals surface area contributed by atoms with E-state index in [0.717, 1.165) is 65.9 Å². The van der Waals surface area contributed by atoms with Gasteiger partial charge in [-0.1, -0.05) is 24.1 Å². The van der Waals surface area contributed by atoms with Gasteiger partial charge in [0.05, 0.1) is 19.8 Å². The summed E-state index contributed by atoms with van der Waals surface area (Å²) in [5.74, 6) is 0.464. The van der Waals surface area contributed by atoms with Gasteiger partial charge in [0.25, 0.3) is 0 Å². The molecule has 2 aromatic carbocycles. The van der Waals surface area contributed by atoms with Crippen molar-refractivity contribution in [2.24, 2.45) is 0 Å². The van der Waals surface area contributed by atoms with Crippen LogP contribution in [0.3, 0.4) is 0 Å². The van der Waals surface area contributed by atoms with Gasteiger partial charge in [-0.25, -0.2) is 4.79 Å². The third-order valence-electron chi connectivity index (χ3n) is 5.59. The first-order valence-electron chi connectivity index (χ1n) is 10.5. The Morgan fingerprint density at radius 2 is 1.55 bits per heavy atom. The van der Waals surface area contributed by atoms with Crippen LogP contribution in [-0.2, 0) is 17.8 Å². The third-order valence-corrected chi connectivity index (χ3v) is 5.59. The van der Waals surface area contributed by atoms with Crippen LogP contribution in [0.15, 0.2) is 53.6 Å². The Kier molecular flexibility index (Phi) is 7.70. The van der Waals surface area contributed by atoms with Crippen LogP contribution in [-0.4, -0.2) is 31.2 Å². The van der Waals surface area contributed by atoms with Crippen molar-refractivity contribution in [3.63, 3.8) is 0 Å². The Balaban J connectivity index is 1.76. The summed E-state index contributed by atoms with van der Waals surface area (Å²) in [7, 11) is 3.26. The van der Waals surface area contributed by atoms with Crippen molar-refractivity contribution in [3.05, 3.63) is 70.3 Å². The normalized spacial score (nSPS) is 14.0. The lowest BCUT2D eigenvalue weighted by Crippen LogP contribution is -2.25. The van der Waals surface area contributed by atoms with Crippen LogP contribution in [0.2, 0.25) is 0 Å². The smallest absolute Gasteiger partial charge is 0.335 e. The maximum absolute atomic E-state index is 13.0. The molecule has 6 nitrogen and oxygen atoms in total. The van der Waals surface area contributed by atoms with Crippen molar-refractivity contribution < 1.29 is 24.2 Å². The number of aromatic carboxylic acids is 1. The fourth-order valence-corrected chi connectivity index (χ4v) is 3.88. The molecule has 0 saturated heterocycles. The SMILES string of the molecule is COc1cc(CC2=C(C(=O)NCc3ccc(C(=O)O)cc3)CCCCC2)cc(OC)c1. The molecule has 31 heavy (non-hydrogen) atoms. The summed E-state index contributed by atoms with van der Waals surface area (Å²) in [6, 6.07) is 12.4. The Morgan fingerprint density at radius 1 is 0.903 bits per heavy atom. The fourth-order valence-electron chi connectivity index (χ4n) is 3.88. The molecule has 2 N–H and O–H groups in total. The average Bonchev–Trinajstić information content (AvgIpc) is 3.02. The number of methoxy groups -OCH3 is 2. The first-order valence-corrected chi connectivity index (χ1v) is 10.5. The number of allylic oxidation sites excluding steroid dienone is 1. The maximum Gasteiger partial charge on any atom is 0.335 e. The Labute approximate surface area is 182 Å². The molecular formula is C25H29NO5. The van der Waals surface area contributed by atoms with Crippen molar-refractivity contribution in [1.29, 1.82) is 0 Å². The van der Waals surface area contributed by atoms with E-state index in [2.05, 4.69) is 5.32 Å². The lowest BCUT2D eigenvalue weighted by molar-refractivity contribution is -0.117. The fraction of sp³-hybridized carbons (Fsp3) is 0.360. The quantitative estimate of drug-likeness (QED) is 0.652. The number of amides is 1. The maximum atomic E-state index is 13.0. The number of rotatable bonds is 8. The topological polar surface area (TPSA) is 84.9 Å². The number of benzene rings is 2. The van der Waals surface area contributed by atoms with Crippen LogP contribution in [0.25, 0.3) is 0 Å². The molecule has 3 rings (SSSR count). The van der Waals surface area contributed by atoms with Crippen molar-refractivity contribution in [2.75, 3.05) is 14.2 Å². The summed E-state index contributed by atoms with van der Waals surface area (Å²) in [5.41, 5.74) is 4.18. The highest BCUT2D eigenvalue weighted by molar-refractivity contribution is 5.94. The predicted octanol–water partition coefficient (Wildman–Crippen LogP) is 4.52. The van der Waals surface area contributed by atoms with E-state index in [1.165, 1.54) is 0 Å². The first kappa shape index (κ1) is 22.4. The van der Waals surface area contributed by atoms with Crippen LogP contribution < -0.4 is 14.8 Å². The van der Waals surface area contributed by atoms with Gasteiger partial charge in [-0.2, -0.15) is 0 Å². The molecule has 1 amide bonds. The van der Waals surface area contributed by atoms with Gasteiger partial charge in [-0.05, 0) is 67.5 Å². The van der Waals surface area contributed by atoms with E-state index >= 15 is 0 Å². The summed E-state index contributed by atoms with van der Waals surface area (Å²) in [5, 5.41) is 12.0. The molecule has 0 heterocycles. The largest absolute Gasteiger partial charge is 0.497 e. The van der Waals surface area contributed by atoms with Crippen LogP contribution in [0, 0.1) is 0 Å². The monoisotopic (exact) mass is 423 g/mol. The second-order valence-electron chi connectivity index (χ2n) is 7.73. The van der Waals surface area contributed by atoms with Crippen LogP contribution in [0.4, 0.5) is 0 Å². The summed E-state index contributed by atoms with van der Waals surface area (Å²) >= 11 is 0. The number of carbonyl (C=O) groups is 2.